The molecule has 1 aromatic heterocycles. The number of imide groups is 1. The Morgan fingerprint density at radius 3 is 2.44 bits per heavy atom. The highest BCUT2D eigenvalue weighted by atomic mass is 16.5. The smallest absolute Gasteiger partial charge is 0.330 e. The van der Waals surface area contributed by atoms with E-state index in [9.17, 15) is 14.7 Å². The minimum atomic E-state index is -1.35. The number of fused-ring (bicyclic) bond motifs is 1. The minimum Gasteiger partial charge on any atom is -0.490 e. The van der Waals surface area contributed by atoms with Crippen LogP contribution in [0.15, 0.2) is 36.7 Å². The molecule has 0 aliphatic carbocycles. The summed E-state index contributed by atoms with van der Waals surface area (Å²) in [5.74, 6) is 1.43. The minimum absolute atomic E-state index is 0.151. The second-order valence-corrected chi connectivity index (χ2v) is 8.66. The summed E-state index contributed by atoms with van der Waals surface area (Å²) in [5.41, 5.74) is -0.784. The van der Waals surface area contributed by atoms with E-state index in [0.29, 0.717) is 62.4 Å². The number of aliphatic hydroxyl groups excluding tert-OH is 1. The Labute approximate surface area is 197 Å². The number of aromatic nitrogens is 2. The molecule has 0 bridgehead atoms. The quantitative estimate of drug-likeness (QED) is 0.638. The Balaban J connectivity index is 1.33. The van der Waals surface area contributed by atoms with Crippen molar-refractivity contribution in [3.63, 3.8) is 0 Å². The van der Waals surface area contributed by atoms with E-state index in [4.69, 9.17) is 9.47 Å². The third-order valence-corrected chi connectivity index (χ3v) is 6.66. The van der Waals surface area contributed by atoms with Gasteiger partial charge in [0.2, 0.25) is 5.95 Å². The summed E-state index contributed by atoms with van der Waals surface area (Å²) < 4.78 is 11.5. The predicted molar refractivity (Wildman–Crippen MR) is 121 cm³/mol. The number of anilines is 1. The molecule has 180 valence electrons. The Kier molecular flexibility index (Phi) is 5.96. The Hall–Kier alpha value is -3.44. The summed E-state index contributed by atoms with van der Waals surface area (Å²) in [5, 5.41) is 10.1. The van der Waals surface area contributed by atoms with Gasteiger partial charge in [-0.2, -0.15) is 0 Å². The summed E-state index contributed by atoms with van der Waals surface area (Å²) in [4.78, 5) is 41.9. The molecule has 0 saturated carbocycles. The zero-order valence-corrected chi connectivity index (χ0v) is 19.1. The van der Waals surface area contributed by atoms with E-state index in [-0.39, 0.29) is 12.6 Å². The van der Waals surface area contributed by atoms with Gasteiger partial charge in [0.25, 0.3) is 5.91 Å². The van der Waals surface area contributed by atoms with Gasteiger partial charge in [-0.25, -0.2) is 19.7 Å². The molecular weight excluding hydrogens is 440 g/mol. The summed E-state index contributed by atoms with van der Waals surface area (Å²) in [6.07, 6.45) is 4.18. The number of rotatable bonds is 5. The van der Waals surface area contributed by atoms with Crippen LogP contribution in [0, 0.1) is 0 Å². The number of ether oxygens (including phenoxy) is 2. The van der Waals surface area contributed by atoms with Gasteiger partial charge in [-0.05, 0) is 30.7 Å². The van der Waals surface area contributed by atoms with Crippen LogP contribution < -0.4 is 14.4 Å². The molecule has 1 unspecified atom stereocenters. The predicted octanol–water partition coefficient (Wildman–Crippen LogP) is 0.847. The molecule has 2 saturated heterocycles. The second kappa shape index (κ2) is 9.07. The van der Waals surface area contributed by atoms with Crippen molar-refractivity contribution in [3.8, 4) is 11.5 Å². The first-order valence-corrected chi connectivity index (χ1v) is 11.4. The Morgan fingerprint density at radius 1 is 1.03 bits per heavy atom. The van der Waals surface area contributed by atoms with Crippen LogP contribution in [0.1, 0.15) is 18.9 Å². The third kappa shape index (κ3) is 3.80. The van der Waals surface area contributed by atoms with Crippen LogP contribution in [0.3, 0.4) is 0 Å². The van der Waals surface area contributed by atoms with E-state index >= 15 is 0 Å². The van der Waals surface area contributed by atoms with Crippen molar-refractivity contribution in [2.45, 2.75) is 18.9 Å². The molecule has 0 spiro atoms. The second-order valence-electron chi connectivity index (χ2n) is 8.66. The van der Waals surface area contributed by atoms with Crippen molar-refractivity contribution < 1.29 is 24.2 Å². The SMILES string of the molecule is CC1(c2ccc3c(c2)OCCCO3)C(=O)N(CN2CCN(c3ncccn3)CC2)C(=O)N1CO. The van der Waals surface area contributed by atoms with Crippen LogP contribution in [0.5, 0.6) is 11.5 Å². The van der Waals surface area contributed by atoms with Gasteiger partial charge >= 0.3 is 6.03 Å². The molecule has 3 aliphatic rings. The van der Waals surface area contributed by atoms with E-state index in [1.165, 1.54) is 9.80 Å². The number of hydrogen-bond donors (Lipinski definition) is 1. The number of benzene rings is 1. The summed E-state index contributed by atoms with van der Waals surface area (Å²) in [6.45, 7) is 4.96. The fourth-order valence-corrected chi connectivity index (χ4v) is 4.62. The van der Waals surface area contributed by atoms with Crippen LogP contribution in [-0.2, 0) is 10.3 Å². The number of carbonyl (C=O) groups excluding carboxylic acids is 2. The van der Waals surface area contributed by atoms with Gasteiger partial charge in [0.1, 0.15) is 12.3 Å². The molecule has 2 fully saturated rings. The van der Waals surface area contributed by atoms with Crippen molar-refractivity contribution in [2.24, 2.45) is 0 Å². The molecule has 3 aliphatic heterocycles. The molecule has 4 heterocycles. The van der Waals surface area contributed by atoms with Crippen LogP contribution in [0.2, 0.25) is 0 Å². The monoisotopic (exact) mass is 468 g/mol. The average Bonchev–Trinajstić information content (AvgIpc) is 3.03. The average molecular weight is 469 g/mol. The van der Waals surface area contributed by atoms with E-state index in [2.05, 4.69) is 14.9 Å². The lowest BCUT2D eigenvalue weighted by molar-refractivity contribution is -0.135. The molecular formula is C23H28N6O5. The lowest BCUT2D eigenvalue weighted by atomic mass is 9.90. The molecule has 0 radical (unpaired) electrons. The first kappa shape index (κ1) is 22.4. The maximum absolute atomic E-state index is 13.6. The molecule has 34 heavy (non-hydrogen) atoms. The molecule has 11 heteroatoms. The highest BCUT2D eigenvalue weighted by molar-refractivity contribution is 6.07. The normalized spacial score (nSPS) is 23.4. The van der Waals surface area contributed by atoms with E-state index < -0.39 is 18.3 Å². The highest BCUT2D eigenvalue weighted by Crippen LogP contribution is 2.41. The first-order chi connectivity index (χ1) is 16.5. The lowest BCUT2D eigenvalue weighted by Crippen LogP contribution is -2.52. The summed E-state index contributed by atoms with van der Waals surface area (Å²) >= 11 is 0. The van der Waals surface area contributed by atoms with E-state index in [1.54, 1.807) is 43.6 Å². The number of hydrogen-bond acceptors (Lipinski definition) is 9. The number of urea groups is 1. The van der Waals surface area contributed by atoms with Crippen molar-refractivity contribution in [1.29, 1.82) is 0 Å². The first-order valence-electron chi connectivity index (χ1n) is 11.4. The molecule has 1 aromatic carbocycles. The molecule has 1 N–H and O–H groups in total. The number of carbonyl (C=O) groups is 2. The van der Waals surface area contributed by atoms with Crippen LogP contribution >= 0.6 is 0 Å². The standard InChI is InChI=1S/C23H28N6O5/c1-23(17-4-5-18-19(14-17)34-13-3-12-33-18)20(31)28(22(32)29(23)16-30)15-26-8-10-27(11-9-26)21-24-6-2-7-25-21/h2,4-7,14,30H,3,8-13,15-16H2,1H3. The topological polar surface area (TPSA) is 112 Å². The van der Waals surface area contributed by atoms with E-state index in [0.717, 1.165) is 6.42 Å². The zero-order valence-electron chi connectivity index (χ0n) is 19.1. The zero-order chi connectivity index (χ0) is 23.7. The van der Waals surface area contributed by atoms with Crippen LogP contribution in [0.25, 0.3) is 0 Å². The highest BCUT2D eigenvalue weighted by Gasteiger charge is 2.55. The van der Waals surface area contributed by atoms with Gasteiger partial charge in [-0.3, -0.25) is 14.6 Å². The molecule has 2 aromatic rings. The number of aliphatic hydroxyl groups is 1. The summed E-state index contributed by atoms with van der Waals surface area (Å²) in [7, 11) is 0. The van der Waals surface area contributed by atoms with Crippen LogP contribution in [0.4, 0.5) is 10.7 Å². The van der Waals surface area contributed by atoms with Gasteiger partial charge in [0.15, 0.2) is 11.5 Å². The maximum Gasteiger partial charge on any atom is 0.330 e. The summed E-state index contributed by atoms with van der Waals surface area (Å²) in [6, 6.07) is 6.50. The number of amides is 3. The van der Waals surface area contributed by atoms with Gasteiger partial charge in [-0.15, -0.1) is 0 Å². The fraction of sp³-hybridized carbons (Fsp3) is 0.478. The molecule has 11 nitrogen and oxygen atoms in total. The van der Waals surface area contributed by atoms with Crippen LogP contribution in [-0.4, -0.2) is 94.5 Å². The molecule has 5 rings (SSSR count). The Morgan fingerprint density at radius 2 is 1.74 bits per heavy atom. The number of piperazine rings is 1. The molecule has 1 atom stereocenters. The van der Waals surface area contributed by atoms with E-state index in [1.807, 2.05) is 4.90 Å². The van der Waals surface area contributed by atoms with Crippen molar-refractivity contribution in [3.05, 3.63) is 42.2 Å². The van der Waals surface area contributed by atoms with Crippen molar-refractivity contribution in [2.75, 3.05) is 57.7 Å². The fourth-order valence-electron chi connectivity index (χ4n) is 4.62. The Bertz CT molecular complexity index is 1060. The largest absolute Gasteiger partial charge is 0.490 e. The van der Waals surface area contributed by atoms with Gasteiger partial charge in [-0.1, -0.05) is 6.07 Å². The van der Waals surface area contributed by atoms with Crippen molar-refractivity contribution >= 4 is 17.9 Å². The van der Waals surface area contributed by atoms with Gasteiger partial charge in [0, 0.05) is 45.0 Å². The lowest BCUT2D eigenvalue weighted by Gasteiger charge is -2.36. The van der Waals surface area contributed by atoms with Gasteiger partial charge in [0.05, 0.1) is 19.9 Å². The number of nitrogens with zero attached hydrogens (tertiary/aromatic N) is 6. The molecule has 3 amide bonds. The third-order valence-electron chi connectivity index (χ3n) is 6.66. The maximum atomic E-state index is 13.6. The van der Waals surface area contributed by atoms with Gasteiger partial charge < -0.3 is 19.5 Å². The van der Waals surface area contributed by atoms with Crippen molar-refractivity contribution in [1.82, 2.24) is 24.7 Å².